The van der Waals surface area contributed by atoms with E-state index in [0.717, 1.165) is 12.1 Å². The van der Waals surface area contributed by atoms with Crippen molar-refractivity contribution in [1.82, 2.24) is 0 Å². The topological polar surface area (TPSA) is 38.3 Å². The van der Waals surface area contributed by atoms with Crippen LogP contribution in [0.5, 0.6) is 0 Å². The van der Waals surface area contributed by atoms with Gasteiger partial charge in [-0.1, -0.05) is 0 Å². The zero-order chi connectivity index (χ0) is 12.1. The highest BCUT2D eigenvalue weighted by Crippen LogP contribution is 2.18. The minimum atomic E-state index is -0.663. The number of hydrogen-bond acceptors (Lipinski definition) is 2. The van der Waals surface area contributed by atoms with Crippen LogP contribution in [0.25, 0.3) is 0 Å². The molecular formula is C11H13F2NO2. The summed E-state index contributed by atoms with van der Waals surface area (Å²) in [6.45, 7) is 3.40. The van der Waals surface area contributed by atoms with Crippen LogP contribution >= 0.6 is 0 Å². The van der Waals surface area contributed by atoms with Crippen molar-refractivity contribution < 1.29 is 18.3 Å². The lowest BCUT2D eigenvalue weighted by Crippen LogP contribution is -2.19. The monoisotopic (exact) mass is 229 g/mol. The van der Waals surface area contributed by atoms with E-state index in [1.807, 2.05) is 0 Å². The van der Waals surface area contributed by atoms with Gasteiger partial charge in [-0.25, -0.2) is 8.78 Å². The molecule has 0 aliphatic rings. The molecule has 1 rings (SSSR count). The lowest BCUT2D eigenvalue weighted by Gasteiger charge is -2.07. The maximum absolute atomic E-state index is 13.3. The fraction of sp³-hybridized carbons (Fsp3) is 0.364. The van der Waals surface area contributed by atoms with Gasteiger partial charge in [-0.3, -0.25) is 4.79 Å². The van der Waals surface area contributed by atoms with Gasteiger partial charge >= 0.3 is 0 Å². The Kier molecular flexibility index (Phi) is 4.37. The molecule has 0 bridgehead atoms. The van der Waals surface area contributed by atoms with Crippen LogP contribution in [0.4, 0.5) is 14.5 Å². The molecule has 0 spiro atoms. The first-order valence-corrected chi connectivity index (χ1v) is 4.87. The molecule has 0 aromatic heterocycles. The van der Waals surface area contributed by atoms with E-state index >= 15 is 0 Å². The molecule has 1 N–H and O–H groups in total. The van der Waals surface area contributed by atoms with Gasteiger partial charge in [-0.05, 0) is 25.5 Å². The average molecular weight is 229 g/mol. The molecule has 0 fully saturated rings. The lowest BCUT2D eigenvalue weighted by molar-refractivity contribution is -0.120. The summed E-state index contributed by atoms with van der Waals surface area (Å²) in [4.78, 5) is 11.2. The Labute approximate surface area is 92.4 Å². The van der Waals surface area contributed by atoms with Gasteiger partial charge in [0.25, 0.3) is 0 Å². The van der Waals surface area contributed by atoms with Crippen molar-refractivity contribution in [2.24, 2.45) is 0 Å². The van der Waals surface area contributed by atoms with Gasteiger partial charge in [0, 0.05) is 12.7 Å². The second-order valence-corrected chi connectivity index (χ2v) is 3.27. The maximum atomic E-state index is 13.3. The first-order valence-electron chi connectivity index (χ1n) is 4.87. The Balaban J connectivity index is 2.73. The van der Waals surface area contributed by atoms with Gasteiger partial charge in [0.2, 0.25) is 5.91 Å². The van der Waals surface area contributed by atoms with Crippen LogP contribution in [0.2, 0.25) is 0 Å². The minimum absolute atomic E-state index is 0.173. The van der Waals surface area contributed by atoms with Gasteiger partial charge in [-0.2, -0.15) is 0 Å². The van der Waals surface area contributed by atoms with Crippen molar-refractivity contribution in [2.75, 3.05) is 18.5 Å². The van der Waals surface area contributed by atoms with E-state index < -0.39 is 17.5 Å². The second kappa shape index (κ2) is 5.55. The third-order valence-electron chi connectivity index (χ3n) is 1.96. The molecule has 0 radical (unpaired) electrons. The summed E-state index contributed by atoms with van der Waals surface area (Å²) in [6, 6.07) is 1.99. The highest BCUT2D eigenvalue weighted by Gasteiger charge is 2.10. The number of aryl methyl sites for hydroxylation is 1. The summed E-state index contributed by atoms with van der Waals surface area (Å²) in [6.07, 6.45) is 0. The van der Waals surface area contributed by atoms with E-state index in [0.29, 0.717) is 6.61 Å². The maximum Gasteiger partial charge on any atom is 0.250 e. The molecule has 5 heteroatoms. The first-order chi connectivity index (χ1) is 7.54. The van der Waals surface area contributed by atoms with E-state index in [-0.39, 0.29) is 17.9 Å². The Hall–Kier alpha value is -1.49. The molecule has 0 atom stereocenters. The zero-order valence-electron chi connectivity index (χ0n) is 9.14. The summed E-state index contributed by atoms with van der Waals surface area (Å²) in [5.74, 6) is -1.74. The molecule has 16 heavy (non-hydrogen) atoms. The van der Waals surface area contributed by atoms with Gasteiger partial charge in [-0.15, -0.1) is 0 Å². The van der Waals surface area contributed by atoms with Crippen LogP contribution in [-0.2, 0) is 9.53 Å². The van der Waals surface area contributed by atoms with Crippen molar-refractivity contribution >= 4 is 11.6 Å². The number of benzene rings is 1. The molecule has 1 aromatic carbocycles. The third-order valence-corrected chi connectivity index (χ3v) is 1.96. The van der Waals surface area contributed by atoms with E-state index in [1.54, 1.807) is 6.92 Å². The van der Waals surface area contributed by atoms with Gasteiger partial charge in [0.05, 0.1) is 5.69 Å². The number of carbonyl (C=O) groups excluding carboxylic acids is 1. The molecule has 0 unspecified atom stereocenters. The van der Waals surface area contributed by atoms with E-state index in [4.69, 9.17) is 4.74 Å². The Morgan fingerprint density at radius 1 is 1.38 bits per heavy atom. The van der Waals surface area contributed by atoms with Crippen LogP contribution in [0, 0.1) is 18.6 Å². The van der Waals surface area contributed by atoms with Crippen molar-refractivity contribution in [3.8, 4) is 0 Å². The number of ether oxygens (including phenoxy) is 1. The Bertz CT molecular complexity index is 394. The molecule has 1 amide bonds. The van der Waals surface area contributed by atoms with Crippen LogP contribution in [0.1, 0.15) is 12.5 Å². The fourth-order valence-corrected chi connectivity index (χ4v) is 1.12. The van der Waals surface area contributed by atoms with E-state index in [2.05, 4.69) is 5.32 Å². The van der Waals surface area contributed by atoms with Crippen LogP contribution < -0.4 is 5.32 Å². The van der Waals surface area contributed by atoms with Crippen molar-refractivity contribution in [2.45, 2.75) is 13.8 Å². The fourth-order valence-electron chi connectivity index (χ4n) is 1.12. The number of nitrogens with one attached hydrogen (secondary N) is 1. The van der Waals surface area contributed by atoms with Crippen LogP contribution in [0.3, 0.4) is 0 Å². The summed E-state index contributed by atoms with van der Waals surface area (Å²) in [5.41, 5.74) is 0.0214. The van der Waals surface area contributed by atoms with Gasteiger partial charge in [0.1, 0.15) is 18.2 Å². The smallest absolute Gasteiger partial charge is 0.250 e. The van der Waals surface area contributed by atoms with Crippen molar-refractivity contribution in [3.63, 3.8) is 0 Å². The molecule has 3 nitrogen and oxygen atoms in total. The highest BCUT2D eigenvalue weighted by atomic mass is 19.1. The van der Waals surface area contributed by atoms with Gasteiger partial charge < -0.3 is 10.1 Å². The number of amides is 1. The number of halogens is 2. The molecule has 0 heterocycles. The molecule has 0 saturated heterocycles. The summed E-state index contributed by atoms with van der Waals surface area (Å²) < 4.78 is 31.2. The molecule has 0 aliphatic heterocycles. The van der Waals surface area contributed by atoms with Crippen molar-refractivity contribution in [3.05, 3.63) is 29.3 Å². The molecule has 88 valence electrons. The standard InChI is InChI=1S/C11H13F2NO2/c1-3-16-6-11(15)14-10-5-8(12)7(2)4-9(10)13/h4-5H,3,6H2,1-2H3,(H,14,15). The average Bonchev–Trinajstić information content (AvgIpc) is 2.23. The molecular weight excluding hydrogens is 216 g/mol. The quantitative estimate of drug-likeness (QED) is 0.859. The van der Waals surface area contributed by atoms with Gasteiger partial charge in [0.15, 0.2) is 0 Å². The largest absolute Gasteiger partial charge is 0.372 e. The first kappa shape index (κ1) is 12.6. The summed E-state index contributed by atoms with van der Waals surface area (Å²) in [7, 11) is 0. The van der Waals surface area contributed by atoms with Crippen molar-refractivity contribution in [1.29, 1.82) is 0 Å². The molecule has 0 aliphatic carbocycles. The second-order valence-electron chi connectivity index (χ2n) is 3.27. The minimum Gasteiger partial charge on any atom is -0.372 e. The summed E-state index contributed by atoms with van der Waals surface area (Å²) >= 11 is 0. The Morgan fingerprint density at radius 3 is 2.69 bits per heavy atom. The SMILES string of the molecule is CCOCC(=O)Nc1cc(F)c(C)cc1F. The number of rotatable bonds is 4. The predicted octanol–water partition coefficient (Wildman–Crippen LogP) is 2.25. The lowest BCUT2D eigenvalue weighted by atomic mass is 10.2. The van der Waals surface area contributed by atoms with Crippen LogP contribution in [0.15, 0.2) is 12.1 Å². The van der Waals surface area contributed by atoms with Crippen LogP contribution in [-0.4, -0.2) is 19.1 Å². The number of carbonyl (C=O) groups is 1. The third kappa shape index (κ3) is 3.27. The predicted molar refractivity (Wildman–Crippen MR) is 56.2 cm³/mol. The van der Waals surface area contributed by atoms with E-state index in [1.165, 1.54) is 6.92 Å². The molecule has 0 saturated carbocycles. The molecule has 1 aromatic rings. The zero-order valence-corrected chi connectivity index (χ0v) is 9.14. The normalized spacial score (nSPS) is 10.2. The van der Waals surface area contributed by atoms with E-state index in [9.17, 15) is 13.6 Å². The number of hydrogen-bond donors (Lipinski definition) is 1. The Morgan fingerprint density at radius 2 is 2.06 bits per heavy atom. The summed E-state index contributed by atoms with van der Waals surface area (Å²) in [5, 5.41) is 2.23. The highest BCUT2D eigenvalue weighted by molar-refractivity contribution is 5.91. The number of anilines is 1.